The highest BCUT2D eigenvalue weighted by molar-refractivity contribution is 6.35. The summed E-state index contributed by atoms with van der Waals surface area (Å²) in [6.45, 7) is 1.37. The number of benzene rings is 1. The predicted molar refractivity (Wildman–Crippen MR) is 130 cm³/mol. The first kappa shape index (κ1) is 25.7. The van der Waals surface area contributed by atoms with E-state index in [1.807, 2.05) is 6.07 Å². The number of alkyl halides is 3. The fraction of sp³-hybridized carbons (Fsp3) is 0.435. The minimum atomic E-state index is -4.27. The van der Waals surface area contributed by atoms with E-state index in [-0.39, 0.29) is 65.4 Å². The van der Waals surface area contributed by atoms with Crippen molar-refractivity contribution < 1.29 is 13.2 Å². The second-order valence-electron chi connectivity index (χ2n) is 8.64. The molecule has 0 radical (unpaired) electrons. The summed E-state index contributed by atoms with van der Waals surface area (Å²) in [4.78, 5) is 27.7. The van der Waals surface area contributed by atoms with Crippen LogP contribution in [0.5, 0.6) is 0 Å². The zero-order valence-electron chi connectivity index (χ0n) is 19.4. The van der Waals surface area contributed by atoms with Crippen molar-refractivity contribution in [2.75, 3.05) is 37.2 Å². The Morgan fingerprint density at radius 1 is 1.25 bits per heavy atom. The lowest BCUT2D eigenvalue weighted by Gasteiger charge is -2.34. The SMILES string of the molecule is Cc1nc(N)nc(NCCc2nc3cccc(Cl)c3c(=O)n2C2CCN(CC(F)(F)F)CC2)c1C#N. The summed E-state index contributed by atoms with van der Waals surface area (Å²) in [6, 6.07) is 6.73. The van der Waals surface area contributed by atoms with Crippen LogP contribution in [0.2, 0.25) is 5.02 Å². The quantitative estimate of drug-likeness (QED) is 0.506. The Balaban J connectivity index is 1.63. The summed E-state index contributed by atoms with van der Waals surface area (Å²) in [6.07, 6.45) is -3.25. The largest absolute Gasteiger partial charge is 0.401 e. The Labute approximate surface area is 209 Å². The maximum Gasteiger partial charge on any atom is 0.401 e. The third-order valence-corrected chi connectivity index (χ3v) is 6.45. The van der Waals surface area contributed by atoms with E-state index in [9.17, 15) is 23.2 Å². The number of hydrogen-bond donors (Lipinski definition) is 2. The number of hydrogen-bond acceptors (Lipinski definition) is 8. The zero-order chi connectivity index (χ0) is 26.0. The average molecular weight is 521 g/mol. The Bertz CT molecular complexity index is 1380. The molecule has 0 unspecified atom stereocenters. The zero-order valence-corrected chi connectivity index (χ0v) is 20.2. The first-order valence-electron chi connectivity index (χ1n) is 11.3. The van der Waals surface area contributed by atoms with Gasteiger partial charge in [0, 0.05) is 32.1 Å². The van der Waals surface area contributed by atoms with Crippen molar-refractivity contribution in [1.82, 2.24) is 24.4 Å². The predicted octanol–water partition coefficient (Wildman–Crippen LogP) is 3.46. The summed E-state index contributed by atoms with van der Waals surface area (Å²) in [5.74, 6) is 0.768. The maximum atomic E-state index is 13.5. The number of nitrogens with one attached hydrogen (secondary N) is 1. The molecule has 3 aromatic rings. The third-order valence-electron chi connectivity index (χ3n) is 6.14. The highest BCUT2D eigenvalue weighted by atomic mass is 35.5. The summed E-state index contributed by atoms with van der Waals surface area (Å²) < 4.78 is 40.0. The smallest absolute Gasteiger partial charge is 0.368 e. The van der Waals surface area contributed by atoms with Crippen molar-refractivity contribution in [1.29, 1.82) is 5.26 Å². The number of piperidine rings is 1. The number of nitrogens with zero attached hydrogens (tertiary/aromatic N) is 6. The molecule has 1 aromatic carbocycles. The van der Waals surface area contributed by atoms with E-state index in [1.54, 1.807) is 29.7 Å². The van der Waals surface area contributed by atoms with Crippen molar-refractivity contribution in [2.24, 2.45) is 0 Å². The fourth-order valence-electron chi connectivity index (χ4n) is 4.54. The molecule has 3 N–H and O–H groups in total. The lowest BCUT2D eigenvalue weighted by atomic mass is 10.0. The molecule has 36 heavy (non-hydrogen) atoms. The van der Waals surface area contributed by atoms with Crippen molar-refractivity contribution >= 4 is 34.3 Å². The van der Waals surface area contributed by atoms with Gasteiger partial charge in [0.1, 0.15) is 23.3 Å². The van der Waals surface area contributed by atoms with E-state index in [0.29, 0.717) is 29.9 Å². The van der Waals surface area contributed by atoms with Crippen molar-refractivity contribution in [3.05, 3.63) is 50.7 Å². The van der Waals surface area contributed by atoms with Gasteiger partial charge in [0.2, 0.25) is 5.95 Å². The molecule has 1 aliphatic rings. The van der Waals surface area contributed by atoms with E-state index in [0.717, 1.165) is 0 Å². The molecule has 1 saturated heterocycles. The number of aromatic nitrogens is 4. The molecule has 190 valence electrons. The van der Waals surface area contributed by atoms with Gasteiger partial charge < -0.3 is 11.1 Å². The van der Waals surface area contributed by atoms with Gasteiger partial charge in [0.15, 0.2) is 0 Å². The van der Waals surface area contributed by atoms with Gasteiger partial charge in [-0.05, 0) is 31.9 Å². The number of likely N-dealkylation sites (tertiary alicyclic amines) is 1. The molecule has 0 aliphatic carbocycles. The van der Waals surface area contributed by atoms with E-state index in [2.05, 4.69) is 20.3 Å². The number of nitriles is 1. The second-order valence-corrected chi connectivity index (χ2v) is 9.05. The summed E-state index contributed by atoms with van der Waals surface area (Å²) >= 11 is 6.31. The van der Waals surface area contributed by atoms with Gasteiger partial charge in [-0.25, -0.2) is 9.97 Å². The summed E-state index contributed by atoms with van der Waals surface area (Å²) in [5, 5.41) is 13.1. The number of fused-ring (bicyclic) bond motifs is 1. The van der Waals surface area contributed by atoms with Gasteiger partial charge in [-0.15, -0.1) is 0 Å². The van der Waals surface area contributed by atoms with Crippen LogP contribution in [0.1, 0.15) is 36.0 Å². The van der Waals surface area contributed by atoms with Crippen LogP contribution in [0.4, 0.5) is 24.9 Å². The van der Waals surface area contributed by atoms with Gasteiger partial charge in [0.05, 0.1) is 28.2 Å². The van der Waals surface area contributed by atoms with E-state index >= 15 is 0 Å². The standard InChI is InChI=1S/C23H24ClF3N8O/c1-13-15(11-28)20(33-22(29)31-13)30-8-5-18-32-17-4-2-3-16(24)19(17)21(36)35(18)14-6-9-34(10-7-14)12-23(25,26)27/h2-4,14H,5-10,12H2,1H3,(H3,29,30,31,33). The molecule has 0 saturated carbocycles. The van der Waals surface area contributed by atoms with Crippen LogP contribution in [0.3, 0.4) is 0 Å². The highest BCUT2D eigenvalue weighted by Gasteiger charge is 2.33. The molecule has 4 rings (SSSR count). The molecule has 0 amide bonds. The van der Waals surface area contributed by atoms with Crippen molar-refractivity contribution in [2.45, 2.75) is 38.4 Å². The van der Waals surface area contributed by atoms with Crippen LogP contribution in [0.25, 0.3) is 10.9 Å². The number of rotatable bonds is 6. The summed E-state index contributed by atoms with van der Waals surface area (Å²) in [7, 11) is 0. The van der Waals surface area contributed by atoms with Crippen LogP contribution >= 0.6 is 11.6 Å². The molecule has 0 atom stereocenters. The van der Waals surface area contributed by atoms with Gasteiger partial charge >= 0.3 is 6.18 Å². The van der Waals surface area contributed by atoms with Crippen molar-refractivity contribution in [3.8, 4) is 6.07 Å². The molecule has 0 spiro atoms. The lowest BCUT2D eigenvalue weighted by Crippen LogP contribution is -2.42. The molecule has 13 heteroatoms. The Hall–Kier alpha value is -3.43. The first-order valence-corrected chi connectivity index (χ1v) is 11.7. The number of nitrogen functional groups attached to an aromatic ring is 1. The molecule has 2 aromatic heterocycles. The van der Waals surface area contributed by atoms with E-state index in [4.69, 9.17) is 17.3 Å². The van der Waals surface area contributed by atoms with Crippen LogP contribution in [0.15, 0.2) is 23.0 Å². The summed E-state index contributed by atoms with van der Waals surface area (Å²) in [5.41, 5.74) is 6.53. The topological polar surface area (TPSA) is 126 Å². The van der Waals surface area contributed by atoms with Crippen molar-refractivity contribution in [3.63, 3.8) is 0 Å². The first-order chi connectivity index (χ1) is 17.1. The molecule has 1 aliphatic heterocycles. The number of nitrogens with two attached hydrogens (primary N) is 1. The Morgan fingerprint density at radius 3 is 2.64 bits per heavy atom. The maximum absolute atomic E-state index is 13.5. The van der Waals surface area contributed by atoms with Crippen LogP contribution in [0, 0.1) is 18.3 Å². The van der Waals surface area contributed by atoms with Crippen LogP contribution in [-0.2, 0) is 6.42 Å². The van der Waals surface area contributed by atoms with Gasteiger partial charge in [-0.1, -0.05) is 17.7 Å². The van der Waals surface area contributed by atoms with Gasteiger partial charge in [0.25, 0.3) is 5.56 Å². The minimum absolute atomic E-state index is 0.0231. The average Bonchev–Trinajstić information content (AvgIpc) is 2.79. The van der Waals surface area contributed by atoms with E-state index < -0.39 is 12.7 Å². The van der Waals surface area contributed by atoms with Crippen LogP contribution < -0.4 is 16.6 Å². The fourth-order valence-corrected chi connectivity index (χ4v) is 4.79. The molecular formula is C23H24ClF3N8O. The number of aryl methyl sites for hydroxylation is 1. The second kappa shape index (κ2) is 10.3. The lowest BCUT2D eigenvalue weighted by molar-refractivity contribution is -0.148. The molecular weight excluding hydrogens is 497 g/mol. The molecule has 3 heterocycles. The number of halogens is 4. The van der Waals surface area contributed by atoms with E-state index in [1.165, 1.54) is 4.90 Å². The third kappa shape index (κ3) is 5.52. The van der Waals surface area contributed by atoms with Gasteiger partial charge in [-0.3, -0.25) is 14.3 Å². The molecule has 1 fully saturated rings. The molecule has 9 nitrogen and oxygen atoms in total. The number of anilines is 2. The van der Waals surface area contributed by atoms with Gasteiger partial charge in [-0.2, -0.15) is 23.4 Å². The Kier molecular flexibility index (Phi) is 7.33. The minimum Gasteiger partial charge on any atom is -0.368 e. The Morgan fingerprint density at radius 2 is 1.97 bits per heavy atom. The van der Waals surface area contributed by atoms with Crippen LogP contribution in [-0.4, -0.2) is 56.8 Å². The normalized spacial score (nSPS) is 15.2. The highest BCUT2D eigenvalue weighted by Crippen LogP contribution is 2.27. The molecule has 0 bridgehead atoms. The monoisotopic (exact) mass is 520 g/mol.